The van der Waals surface area contributed by atoms with Gasteiger partial charge in [-0.25, -0.2) is 0 Å². The normalized spacial score (nSPS) is 20.8. The molecule has 7 heteroatoms. The molecule has 24 heavy (non-hydrogen) atoms. The monoisotopic (exact) mass is 347 g/mol. The van der Waals surface area contributed by atoms with Gasteiger partial charge in [0.1, 0.15) is 0 Å². The number of aromatic nitrogens is 3. The Kier molecular flexibility index (Phi) is 5.16. The Morgan fingerprint density at radius 1 is 1.42 bits per heavy atom. The summed E-state index contributed by atoms with van der Waals surface area (Å²) in [6, 6.07) is 4.04. The molecule has 1 fully saturated rings. The van der Waals surface area contributed by atoms with Crippen LogP contribution in [0.1, 0.15) is 30.6 Å². The van der Waals surface area contributed by atoms with E-state index in [-0.39, 0.29) is 17.9 Å². The predicted molar refractivity (Wildman–Crippen MR) is 92.4 cm³/mol. The van der Waals surface area contributed by atoms with E-state index in [9.17, 15) is 4.79 Å². The number of hydrogen-bond donors (Lipinski definition) is 1. The third kappa shape index (κ3) is 3.30. The molecule has 3 heterocycles. The highest BCUT2D eigenvalue weighted by molar-refractivity contribution is 6.31. The minimum Gasteiger partial charge on any atom is -0.336 e. The maximum absolute atomic E-state index is 12.3. The second kappa shape index (κ2) is 7.32. The number of halogens is 1. The highest BCUT2D eigenvalue weighted by atomic mass is 35.5. The van der Waals surface area contributed by atoms with Gasteiger partial charge >= 0.3 is 0 Å². The zero-order chi connectivity index (χ0) is 17.1. The molecule has 1 aliphatic rings. The number of aryl methyl sites for hydroxylation is 1. The number of nitrogens with one attached hydrogen (secondary N) is 1. The van der Waals surface area contributed by atoms with Gasteiger partial charge in [-0.1, -0.05) is 17.7 Å². The van der Waals surface area contributed by atoms with Gasteiger partial charge in [-0.15, -0.1) is 0 Å². The Bertz CT molecular complexity index is 683. The summed E-state index contributed by atoms with van der Waals surface area (Å²) in [5, 5.41) is 8.23. The van der Waals surface area contributed by atoms with Gasteiger partial charge in [0.15, 0.2) is 0 Å². The van der Waals surface area contributed by atoms with Crippen LogP contribution in [0.25, 0.3) is 0 Å². The van der Waals surface area contributed by atoms with Crippen molar-refractivity contribution in [3.05, 3.63) is 47.0 Å². The third-order valence-corrected chi connectivity index (χ3v) is 4.93. The fourth-order valence-corrected chi connectivity index (χ4v) is 3.67. The molecule has 0 spiro atoms. The van der Waals surface area contributed by atoms with Gasteiger partial charge < -0.3 is 10.2 Å². The summed E-state index contributed by atoms with van der Waals surface area (Å²) < 4.78 is 1.77. The van der Waals surface area contributed by atoms with Crippen molar-refractivity contribution in [3.63, 3.8) is 0 Å². The van der Waals surface area contributed by atoms with Gasteiger partial charge in [-0.05, 0) is 18.6 Å². The molecular weight excluding hydrogens is 326 g/mol. The first-order chi connectivity index (χ1) is 11.6. The lowest BCUT2D eigenvalue weighted by atomic mass is 9.94. The zero-order valence-corrected chi connectivity index (χ0v) is 14.7. The van der Waals surface area contributed by atoms with Gasteiger partial charge in [0.2, 0.25) is 5.91 Å². The minimum atomic E-state index is 0.0747. The first-order valence-corrected chi connectivity index (χ1v) is 8.56. The maximum Gasteiger partial charge on any atom is 0.223 e. The predicted octanol–water partition coefficient (Wildman–Crippen LogP) is 2.17. The van der Waals surface area contributed by atoms with E-state index < -0.39 is 0 Å². The Balaban J connectivity index is 1.70. The molecule has 1 amide bonds. The highest BCUT2D eigenvalue weighted by Gasteiger charge is 2.39. The van der Waals surface area contributed by atoms with E-state index in [0.29, 0.717) is 24.5 Å². The van der Waals surface area contributed by atoms with Crippen LogP contribution >= 0.6 is 11.6 Å². The molecule has 2 aromatic heterocycles. The SMILES string of the molecule is CCN1C(=O)C[C@@H](CNCc2c(Cl)cnn2C)[C@@H]1c1cccnc1. The van der Waals surface area contributed by atoms with E-state index in [2.05, 4.69) is 15.4 Å². The molecule has 6 nitrogen and oxygen atoms in total. The lowest BCUT2D eigenvalue weighted by Crippen LogP contribution is -2.31. The zero-order valence-electron chi connectivity index (χ0n) is 13.9. The maximum atomic E-state index is 12.3. The molecule has 0 aromatic carbocycles. The quantitative estimate of drug-likeness (QED) is 0.869. The van der Waals surface area contributed by atoms with Crippen LogP contribution in [0.5, 0.6) is 0 Å². The number of carbonyl (C=O) groups excluding carboxylic acids is 1. The van der Waals surface area contributed by atoms with Crippen molar-refractivity contribution in [1.82, 2.24) is 25.0 Å². The smallest absolute Gasteiger partial charge is 0.223 e. The third-order valence-electron chi connectivity index (χ3n) is 4.62. The first-order valence-electron chi connectivity index (χ1n) is 8.18. The van der Waals surface area contributed by atoms with Crippen LogP contribution in [-0.2, 0) is 18.4 Å². The van der Waals surface area contributed by atoms with Crippen molar-refractivity contribution >= 4 is 17.5 Å². The van der Waals surface area contributed by atoms with E-state index in [4.69, 9.17) is 11.6 Å². The summed E-state index contributed by atoms with van der Waals surface area (Å²) in [6.07, 6.45) is 5.82. The molecule has 2 aromatic rings. The number of pyridine rings is 1. The molecule has 1 saturated heterocycles. The molecule has 1 N–H and O–H groups in total. The fraction of sp³-hybridized carbons (Fsp3) is 0.471. The molecule has 0 saturated carbocycles. The molecule has 128 valence electrons. The van der Waals surface area contributed by atoms with Crippen LogP contribution in [0, 0.1) is 5.92 Å². The van der Waals surface area contributed by atoms with Crippen molar-refractivity contribution in [2.75, 3.05) is 13.1 Å². The summed E-state index contributed by atoms with van der Waals surface area (Å²) >= 11 is 6.14. The van der Waals surface area contributed by atoms with Gasteiger partial charge in [0.05, 0.1) is 23.0 Å². The molecule has 0 aliphatic carbocycles. The molecular formula is C17H22ClN5O. The Hall–Kier alpha value is -1.92. The van der Waals surface area contributed by atoms with E-state index in [1.807, 2.05) is 37.2 Å². The Labute approximate surface area is 146 Å². The van der Waals surface area contributed by atoms with Crippen LogP contribution in [0.4, 0.5) is 0 Å². The summed E-state index contributed by atoms with van der Waals surface area (Å²) in [7, 11) is 1.87. The van der Waals surface area contributed by atoms with Crippen molar-refractivity contribution < 1.29 is 4.79 Å². The lowest BCUT2D eigenvalue weighted by Gasteiger charge is -2.27. The molecule has 0 radical (unpaired) electrons. The van der Waals surface area contributed by atoms with Crippen LogP contribution in [-0.4, -0.2) is 38.7 Å². The van der Waals surface area contributed by atoms with Gasteiger partial charge in [-0.2, -0.15) is 5.10 Å². The summed E-state index contributed by atoms with van der Waals surface area (Å²) in [5.41, 5.74) is 2.04. The van der Waals surface area contributed by atoms with Crippen molar-refractivity contribution in [1.29, 1.82) is 0 Å². The highest BCUT2D eigenvalue weighted by Crippen LogP contribution is 2.37. The largest absolute Gasteiger partial charge is 0.336 e. The topological polar surface area (TPSA) is 63.1 Å². The number of rotatable bonds is 6. The average molecular weight is 348 g/mol. The van der Waals surface area contributed by atoms with Gasteiger partial charge in [0.25, 0.3) is 0 Å². The van der Waals surface area contributed by atoms with E-state index >= 15 is 0 Å². The second-order valence-electron chi connectivity index (χ2n) is 6.07. The number of likely N-dealkylation sites (tertiary alicyclic amines) is 1. The van der Waals surface area contributed by atoms with Gasteiger partial charge in [0, 0.05) is 51.4 Å². The van der Waals surface area contributed by atoms with E-state index in [1.54, 1.807) is 17.1 Å². The summed E-state index contributed by atoms with van der Waals surface area (Å²) in [4.78, 5) is 18.5. The molecule has 0 unspecified atom stereocenters. The number of hydrogen-bond acceptors (Lipinski definition) is 4. The molecule has 1 aliphatic heterocycles. The fourth-order valence-electron chi connectivity index (χ4n) is 3.43. The number of amides is 1. The lowest BCUT2D eigenvalue weighted by molar-refractivity contribution is -0.128. The number of nitrogens with zero attached hydrogens (tertiary/aromatic N) is 4. The van der Waals surface area contributed by atoms with Crippen LogP contribution in [0.15, 0.2) is 30.7 Å². The van der Waals surface area contributed by atoms with Crippen LogP contribution in [0.3, 0.4) is 0 Å². The van der Waals surface area contributed by atoms with Crippen LogP contribution < -0.4 is 5.32 Å². The summed E-state index contributed by atoms with van der Waals surface area (Å²) in [6.45, 7) is 4.10. The van der Waals surface area contributed by atoms with Crippen molar-refractivity contribution in [3.8, 4) is 0 Å². The molecule has 2 atom stereocenters. The van der Waals surface area contributed by atoms with E-state index in [0.717, 1.165) is 17.8 Å². The summed E-state index contributed by atoms with van der Waals surface area (Å²) in [5.74, 6) is 0.422. The average Bonchev–Trinajstić information content (AvgIpc) is 3.08. The molecule has 0 bridgehead atoms. The first kappa shape index (κ1) is 16.9. The Morgan fingerprint density at radius 3 is 2.88 bits per heavy atom. The molecule has 3 rings (SSSR count). The second-order valence-corrected chi connectivity index (χ2v) is 6.48. The van der Waals surface area contributed by atoms with Crippen molar-refractivity contribution in [2.45, 2.75) is 25.9 Å². The standard InChI is InChI=1S/C17H22ClN5O/c1-3-23-16(24)7-13(17(23)12-5-4-6-19-8-12)9-20-11-15-14(18)10-21-22(15)2/h4-6,8,10,13,17,20H,3,7,9,11H2,1-2H3/t13-,17-/m0/s1. The van der Waals surface area contributed by atoms with E-state index in [1.165, 1.54) is 0 Å². The van der Waals surface area contributed by atoms with Crippen molar-refractivity contribution in [2.24, 2.45) is 13.0 Å². The minimum absolute atomic E-state index is 0.0747. The van der Waals surface area contributed by atoms with Crippen LogP contribution in [0.2, 0.25) is 5.02 Å². The van der Waals surface area contributed by atoms with Gasteiger partial charge in [-0.3, -0.25) is 14.5 Å². The number of carbonyl (C=O) groups is 1. The Morgan fingerprint density at radius 2 is 2.25 bits per heavy atom.